The van der Waals surface area contributed by atoms with E-state index in [2.05, 4.69) is 48.1 Å². The number of rotatable bonds is 5. The average molecular weight is 361 g/mol. The molecule has 0 aliphatic carbocycles. The van der Waals surface area contributed by atoms with Crippen LogP contribution >= 0.6 is 15.9 Å². The number of halogens is 1. The summed E-state index contributed by atoms with van der Waals surface area (Å²) < 4.78 is 7.90. The second-order valence-corrected chi connectivity index (χ2v) is 5.32. The summed E-state index contributed by atoms with van der Waals surface area (Å²) >= 11 is 3.33. The molecule has 3 heterocycles. The highest BCUT2D eigenvalue weighted by Crippen LogP contribution is 2.12. The summed E-state index contributed by atoms with van der Waals surface area (Å²) in [6.07, 6.45) is 7.90. The van der Waals surface area contributed by atoms with E-state index in [1.54, 1.807) is 29.5 Å². The maximum Gasteiger partial charge on any atom is 0.316 e. The maximum absolute atomic E-state index is 5.50. The number of hydrogen-bond acceptors (Lipinski definition) is 6. The van der Waals surface area contributed by atoms with Gasteiger partial charge in [-0.1, -0.05) is 12.1 Å². The van der Waals surface area contributed by atoms with E-state index in [0.717, 1.165) is 22.3 Å². The highest BCUT2D eigenvalue weighted by Gasteiger charge is 2.05. The summed E-state index contributed by atoms with van der Waals surface area (Å²) in [4.78, 5) is 12.4. The Morgan fingerprint density at radius 3 is 2.77 bits per heavy atom. The fourth-order valence-corrected chi connectivity index (χ4v) is 2.12. The molecule has 0 unspecified atom stereocenters. The molecule has 3 rings (SSSR count). The van der Waals surface area contributed by atoms with Gasteiger partial charge in [0.05, 0.1) is 11.9 Å². The minimum Gasteiger partial charge on any atom is -0.457 e. The number of aromatic nitrogens is 6. The van der Waals surface area contributed by atoms with Gasteiger partial charge in [-0.15, -0.1) is 5.10 Å². The molecule has 0 aliphatic rings. The van der Waals surface area contributed by atoms with Gasteiger partial charge in [-0.05, 0) is 40.0 Å². The van der Waals surface area contributed by atoms with E-state index in [4.69, 9.17) is 4.74 Å². The van der Waals surface area contributed by atoms with E-state index in [9.17, 15) is 0 Å². The van der Waals surface area contributed by atoms with Crippen LogP contribution in [0.5, 0.6) is 6.01 Å². The fourth-order valence-electron chi connectivity index (χ4n) is 1.76. The lowest BCUT2D eigenvalue weighted by Gasteiger charge is -2.02. The van der Waals surface area contributed by atoms with Crippen molar-refractivity contribution in [1.82, 2.24) is 29.9 Å². The van der Waals surface area contributed by atoms with E-state index >= 15 is 0 Å². The summed E-state index contributed by atoms with van der Waals surface area (Å²) in [7, 11) is 0. The van der Waals surface area contributed by atoms with Crippen molar-refractivity contribution < 1.29 is 4.74 Å². The first-order valence-corrected chi connectivity index (χ1v) is 7.51. The lowest BCUT2D eigenvalue weighted by molar-refractivity contribution is 0.276. The third-order valence-electron chi connectivity index (χ3n) is 2.95. The number of nitrogens with zero attached hydrogens (tertiary/aromatic N) is 6. The van der Waals surface area contributed by atoms with Crippen LogP contribution in [0.3, 0.4) is 0 Å². The molecule has 0 bridgehead atoms. The summed E-state index contributed by atoms with van der Waals surface area (Å²) in [5.74, 6) is 0. The molecule has 0 amide bonds. The van der Waals surface area contributed by atoms with Crippen LogP contribution in [0.1, 0.15) is 18.2 Å². The van der Waals surface area contributed by atoms with E-state index in [-0.39, 0.29) is 6.61 Å². The molecule has 0 atom stereocenters. The Morgan fingerprint density at radius 1 is 1.23 bits per heavy atom. The Balaban J connectivity index is 1.66. The number of hydrogen-bond donors (Lipinski definition) is 0. The molecule has 112 valence electrons. The van der Waals surface area contributed by atoms with Crippen LogP contribution in [-0.2, 0) is 13.0 Å². The summed E-state index contributed by atoms with van der Waals surface area (Å²) in [6, 6.07) is 4.03. The topological polar surface area (TPSA) is 78.6 Å². The quantitative estimate of drug-likeness (QED) is 0.649. The van der Waals surface area contributed by atoms with Gasteiger partial charge in [-0.3, -0.25) is 0 Å². The SMILES string of the molecule is CCc1cnc(OCc2cn(-c3ccnc(Br)c3)nn2)nc1. The van der Waals surface area contributed by atoms with Gasteiger partial charge < -0.3 is 4.74 Å². The van der Waals surface area contributed by atoms with E-state index in [0.29, 0.717) is 11.7 Å². The Bertz CT molecular complexity index is 758. The standard InChI is InChI=1S/C14H13BrN6O/c1-2-10-6-17-14(18-7-10)22-9-11-8-21(20-19-11)12-3-4-16-13(15)5-12/h3-8H,2,9H2,1H3. The first-order valence-electron chi connectivity index (χ1n) is 6.71. The first kappa shape index (κ1) is 14.6. The van der Waals surface area contributed by atoms with Gasteiger partial charge in [-0.2, -0.15) is 0 Å². The summed E-state index contributed by atoms with van der Waals surface area (Å²) in [5.41, 5.74) is 2.63. The van der Waals surface area contributed by atoms with Gasteiger partial charge in [0.1, 0.15) is 16.9 Å². The predicted molar refractivity (Wildman–Crippen MR) is 82.6 cm³/mol. The zero-order chi connectivity index (χ0) is 15.4. The fraction of sp³-hybridized carbons (Fsp3) is 0.214. The minimum atomic E-state index is 0.262. The molecule has 0 radical (unpaired) electrons. The van der Waals surface area contributed by atoms with E-state index in [1.807, 2.05) is 12.1 Å². The van der Waals surface area contributed by atoms with Crippen molar-refractivity contribution in [2.24, 2.45) is 0 Å². The van der Waals surface area contributed by atoms with Crippen LogP contribution in [0.4, 0.5) is 0 Å². The molecule has 0 saturated heterocycles. The molecule has 0 saturated carbocycles. The highest BCUT2D eigenvalue weighted by molar-refractivity contribution is 9.10. The maximum atomic E-state index is 5.50. The van der Waals surface area contributed by atoms with Crippen molar-refractivity contribution >= 4 is 15.9 Å². The van der Waals surface area contributed by atoms with Crippen molar-refractivity contribution in [2.75, 3.05) is 0 Å². The van der Waals surface area contributed by atoms with Crippen molar-refractivity contribution in [1.29, 1.82) is 0 Å². The third kappa shape index (κ3) is 3.45. The van der Waals surface area contributed by atoms with Crippen LogP contribution in [0.15, 0.2) is 41.5 Å². The summed E-state index contributed by atoms with van der Waals surface area (Å²) in [5, 5.41) is 8.13. The summed E-state index contributed by atoms with van der Waals surface area (Å²) in [6.45, 7) is 2.31. The second-order valence-electron chi connectivity index (χ2n) is 4.51. The molecule has 8 heteroatoms. The van der Waals surface area contributed by atoms with Crippen LogP contribution in [0.25, 0.3) is 5.69 Å². The molecule has 0 fully saturated rings. The van der Waals surface area contributed by atoms with Crippen molar-refractivity contribution in [3.63, 3.8) is 0 Å². The largest absolute Gasteiger partial charge is 0.457 e. The normalized spacial score (nSPS) is 10.6. The zero-order valence-corrected chi connectivity index (χ0v) is 13.4. The molecule has 22 heavy (non-hydrogen) atoms. The lowest BCUT2D eigenvalue weighted by atomic mass is 10.3. The lowest BCUT2D eigenvalue weighted by Crippen LogP contribution is -2.00. The molecule has 0 aliphatic heterocycles. The smallest absolute Gasteiger partial charge is 0.316 e. The van der Waals surface area contributed by atoms with Crippen molar-refractivity contribution in [3.05, 3.63) is 52.8 Å². The molecule has 0 aromatic carbocycles. The molecule has 7 nitrogen and oxygen atoms in total. The van der Waals surface area contributed by atoms with Crippen molar-refractivity contribution in [2.45, 2.75) is 20.0 Å². The van der Waals surface area contributed by atoms with Gasteiger partial charge in [-0.25, -0.2) is 19.6 Å². The Labute approximate surface area is 135 Å². The zero-order valence-electron chi connectivity index (χ0n) is 11.8. The minimum absolute atomic E-state index is 0.262. The van der Waals surface area contributed by atoms with Crippen LogP contribution in [0, 0.1) is 0 Å². The highest BCUT2D eigenvalue weighted by atomic mass is 79.9. The van der Waals surface area contributed by atoms with E-state index < -0.39 is 0 Å². The van der Waals surface area contributed by atoms with Crippen LogP contribution < -0.4 is 4.74 Å². The van der Waals surface area contributed by atoms with Gasteiger partial charge in [0, 0.05) is 18.6 Å². The Hall–Kier alpha value is -2.35. The molecular formula is C14H13BrN6O. The van der Waals surface area contributed by atoms with Crippen molar-refractivity contribution in [3.8, 4) is 11.7 Å². The average Bonchev–Trinajstić information content (AvgIpc) is 3.02. The monoisotopic (exact) mass is 360 g/mol. The Morgan fingerprint density at radius 2 is 2.05 bits per heavy atom. The number of pyridine rings is 1. The number of ether oxygens (including phenoxy) is 1. The number of aryl methyl sites for hydroxylation is 1. The first-order chi connectivity index (χ1) is 10.7. The van der Waals surface area contributed by atoms with Crippen LogP contribution in [-0.4, -0.2) is 29.9 Å². The van der Waals surface area contributed by atoms with Gasteiger partial charge >= 0.3 is 6.01 Å². The van der Waals surface area contributed by atoms with Gasteiger partial charge in [0.15, 0.2) is 0 Å². The van der Waals surface area contributed by atoms with Crippen LogP contribution in [0.2, 0.25) is 0 Å². The molecule has 3 aromatic rings. The third-order valence-corrected chi connectivity index (χ3v) is 3.39. The van der Waals surface area contributed by atoms with Gasteiger partial charge in [0.25, 0.3) is 0 Å². The predicted octanol–water partition coefficient (Wildman–Crippen LogP) is 2.36. The molecular weight excluding hydrogens is 348 g/mol. The van der Waals surface area contributed by atoms with Gasteiger partial charge in [0.2, 0.25) is 0 Å². The Kier molecular flexibility index (Phi) is 4.38. The van der Waals surface area contributed by atoms with E-state index in [1.165, 1.54) is 0 Å². The molecule has 0 N–H and O–H groups in total. The second kappa shape index (κ2) is 6.61. The molecule has 3 aromatic heterocycles. The molecule has 0 spiro atoms.